The Morgan fingerprint density at radius 3 is 2.43 bits per heavy atom. The van der Waals surface area contributed by atoms with E-state index in [4.69, 9.17) is 5.73 Å². The van der Waals surface area contributed by atoms with E-state index in [1.54, 1.807) is 0 Å². The summed E-state index contributed by atoms with van der Waals surface area (Å²) in [7, 11) is 0. The molecule has 0 fully saturated rings. The second kappa shape index (κ2) is 4.47. The average molecular weight is 119 g/mol. The highest BCUT2D eigenvalue weighted by Gasteiger charge is 1.93. The summed E-state index contributed by atoms with van der Waals surface area (Å²) in [6.45, 7) is 2.11. The summed E-state index contributed by atoms with van der Waals surface area (Å²) in [6, 6.07) is 0.412. The molecule has 0 bridgehead atoms. The summed E-state index contributed by atoms with van der Waals surface area (Å²) in [5.74, 6) is 1.09. The SMILES string of the molecule is CC[C@H](N)CSC. The first-order valence-electron chi connectivity index (χ1n) is 2.55. The second-order valence-corrected chi connectivity index (χ2v) is 2.53. The molecule has 0 saturated heterocycles. The standard InChI is InChI=1S/C5H13NS/c1-3-5(6)4-7-2/h5H,3-4,6H2,1-2H3/t5-/m0/s1. The lowest BCUT2D eigenvalue weighted by atomic mass is 10.3. The van der Waals surface area contributed by atoms with Crippen LogP contribution in [0.2, 0.25) is 0 Å². The van der Waals surface area contributed by atoms with Gasteiger partial charge in [-0.2, -0.15) is 11.8 Å². The minimum atomic E-state index is 0.412. The van der Waals surface area contributed by atoms with Crippen LogP contribution < -0.4 is 5.73 Å². The third-order valence-electron chi connectivity index (χ3n) is 0.905. The number of nitrogens with two attached hydrogens (primary N) is 1. The van der Waals surface area contributed by atoms with E-state index < -0.39 is 0 Å². The van der Waals surface area contributed by atoms with E-state index >= 15 is 0 Å². The Hall–Kier alpha value is 0.310. The van der Waals surface area contributed by atoms with Gasteiger partial charge in [0.25, 0.3) is 0 Å². The van der Waals surface area contributed by atoms with Gasteiger partial charge in [0.05, 0.1) is 0 Å². The molecule has 2 N–H and O–H groups in total. The van der Waals surface area contributed by atoms with Crippen molar-refractivity contribution < 1.29 is 0 Å². The summed E-state index contributed by atoms with van der Waals surface area (Å²) in [5, 5.41) is 0. The third kappa shape index (κ3) is 4.16. The molecule has 0 spiro atoms. The molecule has 0 aromatic carbocycles. The van der Waals surface area contributed by atoms with Crippen LogP contribution in [0.15, 0.2) is 0 Å². The maximum absolute atomic E-state index is 5.56. The Labute approximate surface area is 49.7 Å². The number of thioether (sulfide) groups is 1. The Morgan fingerprint density at radius 1 is 1.71 bits per heavy atom. The van der Waals surface area contributed by atoms with Crippen LogP contribution >= 0.6 is 11.8 Å². The summed E-state index contributed by atoms with van der Waals surface area (Å²) in [5.41, 5.74) is 5.56. The lowest BCUT2D eigenvalue weighted by molar-refractivity contribution is 0.725. The van der Waals surface area contributed by atoms with Crippen LogP contribution in [-0.2, 0) is 0 Å². The summed E-state index contributed by atoms with van der Waals surface area (Å²) in [6.07, 6.45) is 3.18. The molecule has 0 radical (unpaired) electrons. The van der Waals surface area contributed by atoms with Crippen molar-refractivity contribution in [2.24, 2.45) is 5.73 Å². The van der Waals surface area contributed by atoms with Gasteiger partial charge in [-0.25, -0.2) is 0 Å². The van der Waals surface area contributed by atoms with Crippen LogP contribution in [-0.4, -0.2) is 18.1 Å². The van der Waals surface area contributed by atoms with Crippen LogP contribution in [0.4, 0.5) is 0 Å². The predicted octanol–water partition coefficient (Wildman–Crippen LogP) is 1.09. The zero-order valence-electron chi connectivity index (χ0n) is 4.98. The fourth-order valence-corrected chi connectivity index (χ4v) is 0.996. The lowest BCUT2D eigenvalue weighted by Gasteiger charge is -2.02. The monoisotopic (exact) mass is 119 g/mol. The van der Waals surface area contributed by atoms with Gasteiger partial charge in [0.1, 0.15) is 0 Å². The van der Waals surface area contributed by atoms with Crippen LogP contribution in [0.25, 0.3) is 0 Å². The molecule has 1 atom stereocenters. The molecule has 7 heavy (non-hydrogen) atoms. The average Bonchev–Trinajstić information content (AvgIpc) is 1.68. The Kier molecular flexibility index (Phi) is 4.67. The molecule has 0 heterocycles. The van der Waals surface area contributed by atoms with Crippen LogP contribution in [0.5, 0.6) is 0 Å². The first-order valence-corrected chi connectivity index (χ1v) is 3.95. The van der Waals surface area contributed by atoms with E-state index in [0.717, 1.165) is 12.2 Å². The van der Waals surface area contributed by atoms with Crippen LogP contribution in [0, 0.1) is 0 Å². The van der Waals surface area contributed by atoms with Crippen molar-refractivity contribution in [3.63, 3.8) is 0 Å². The minimum absolute atomic E-state index is 0.412. The molecule has 0 aromatic rings. The molecule has 0 amide bonds. The van der Waals surface area contributed by atoms with E-state index in [1.807, 2.05) is 11.8 Å². The Bertz CT molecular complexity index is 39.1. The van der Waals surface area contributed by atoms with Crippen LogP contribution in [0.1, 0.15) is 13.3 Å². The lowest BCUT2D eigenvalue weighted by Crippen LogP contribution is -2.20. The topological polar surface area (TPSA) is 26.0 Å². The number of rotatable bonds is 3. The van der Waals surface area contributed by atoms with Crippen LogP contribution in [0.3, 0.4) is 0 Å². The highest BCUT2D eigenvalue weighted by atomic mass is 32.2. The first-order chi connectivity index (χ1) is 3.31. The number of hydrogen-bond acceptors (Lipinski definition) is 2. The Morgan fingerprint density at radius 2 is 2.29 bits per heavy atom. The molecule has 0 aliphatic carbocycles. The van der Waals surface area contributed by atoms with Gasteiger partial charge in [-0.15, -0.1) is 0 Å². The Balaban J connectivity index is 2.83. The zero-order chi connectivity index (χ0) is 5.70. The molecule has 1 nitrogen and oxygen atoms in total. The van der Waals surface area contributed by atoms with Gasteiger partial charge < -0.3 is 5.73 Å². The van der Waals surface area contributed by atoms with Gasteiger partial charge >= 0.3 is 0 Å². The van der Waals surface area contributed by atoms with Gasteiger partial charge in [-0.1, -0.05) is 6.92 Å². The molecular formula is C5H13NS. The second-order valence-electron chi connectivity index (χ2n) is 1.62. The summed E-state index contributed by atoms with van der Waals surface area (Å²) in [4.78, 5) is 0. The van der Waals surface area contributed by atoms with E-state index in [2.05, 4.69) is 13.2 Å². The fourth-order valence-electron chi connectivity index (χ4n) is 0.332. The van der Waals surface area contributed by atoms with Gasteiger partial charge in [0, 0.05) is 11.8 Å². The fraction of sp³-hybridized carbons (Fsp3) is 1.00. The highest BCUT2D eigenvalue weighted by Crippen LogP contribution is 1.96. The molecule has 2 heteroatoms. The summed E-state index contributed by atoms with van der Waals surface area (Å²) < 4.78 is 0. The minimum Gasteiger partial charge on any atom is -0.327 e. The van der Waals surface area contributed by atoms with E-state index in [-0.39, 0.29) is 0 Å². The molecule has 0 aliphatic heterocycles. The van der Waals surface area contributed by atoms with Crippen molar-refractivity contribution in [2.45, 2.75) is 19.4 Å². The van der Waals surface area contributed by atoms with E-state index in [9.17, 15) is 0 Å². The normalized spacial score (nSPS) is 14.1. The van der Waals surface area contributed by atoms with Gasteiger partial charge in [-0.3, -0.25) is 0 Å². The first kappa shape index (κ1) is 7.31. The third-order valence-corrected chi connectivity index (χ3v) is 1.67. The van der Waals surface area contributed by atoms with Gasteiger partial charge in [0.15, 0.2) is 0 Å². The van der Waals surface area contributed by atoms with Crippen molar-refractivity contribution >= 4 is 11.8 Å². The maximum Gasteiger partial charge on any atom is 0.0127 e. The van der Waals surface area contributed by atoms with Crippen molar-refractivity contribution in [3.05, 3.63) is 0 Å². The molecule has 0 aromatic heterocycles. The summed E-state index contributed by atoms with van der Waals surface area (Å²) >= 11 is 1.81. The number of hydrogen-bond donors (Lipinski definition) is 1. The van der Waals surface area contributed by atoms with Gasteiger partial charge in [-0.05, 0) is 12.7 Å². The zero-order valence-corrected chi connectivity index (χ0v) is 5.79. The van der Waals surface area contributed by atoms with E-state index in [1.165, 1.54) is 0 Å². The molecule has 44 valence electrons. The largest absolute Gasteiger partial charge is 0.327 e. The predicted molar refractivity (Wildman–Crippen MR) is 36.6 cm³/mol. The molecule has 0 rings (SSSR count). The van der Waals surface area contributed by atoms with E-state index in [0.29, 0.717) is 6.04 Å². The van der Waals surface area contributed by atoms with Crippen molar-refractivity contribution in [1.82, 2.24) is 0 Å². The quantitative estimate of drug-likeness (QED) is 0.601. The van der Waals surface area contributed by atoms with Crippen molar-refractivity contribution in [1.29, 1.82) is 0 Å². The molecule has 0 saturated carbocycles. The smallest absolute Gasteiger partial charge is 0.0127 e. The molecular weight excluding hydrogens is 106 g/mol. The molecule has 0 aliphatic rings. The molecule has 0 unspecified atom stereocenters. The van der Waals surface area contributed by atoms with Gasteiger partial charge in [0.2, 0.25) is 0 Å². The maximum atomic E-state index is 5.56. The van der Waals surface area contributed by atoms with Crippen molar-refractivity contribution in [2.75, 3.05) is 12.0 Å². The van der Waals surface area contributed by atoms with Crippen molar-refractivity contribution in [3.8, 4) is 0 Å². The highest BCUT2D eigenvalue weighted by molar-refractivity contribution is 7.98.